The molecule has 0 spiro atoms. The van der Waals surface area contributed by atoms with Gasteiger partial charge in [-0.1, -0.05) is 11.6 Å². The van der Waals surface area contributed by atoms with Gasteiger partial charge in [-0.3, -0.25) is 9.59 Å². The summed E-state index contributed by atoms with van der Waals surface area (Å²) in [6.07, 6.45) is -3.28. The lowest BCUT2D eigenvalue weighted by atomic mass is 10.2. The number of carbonyl (C=O) groups is 2. The number of alkyl halides is 3. The highest BCUT2D eigenvalue weighted by Gasteiger charge is 2.36. The molecule has 2 heterocycles. The lowest BCUT2D eigenvalue weighted by Crippen LogP contribution is -2.51. The van der Waals surface area contributed by atoms with Crippen molar-refractivity contribution in [2.45, 2.75) is 30.3 Å². The van der Waals surface area contributed by atoms with E-state index >= 15 is 0 Å². The van der Waals surface area contributed by atoms with Gasteiger partial charge in [0.05, 0.1) is 10.6 Å². The summed E-state index contributed by atoms with van der Waals surface area (Å²) in [5, 5.41) is -0.295. The predicted molar refractivity (Wildman–Crippen MR) is 102 cm³/mol. The van der Waals surface area contributed by atoms with Crippen molar-refractivity contribution in [3.05, 3.63) is 28.8 Å². The van der Waals surface area contributed by atoms with E-state index in [4.69, 9.17) is 11.6 Å². The number of amides is 2. The van der Waals surface area contributed by atoms with Crippen molar-refractivity contribution in [2.24, 2.45) is 0 Å². The highest BCUT2D eigenvalue weighted by atomic mass is 35.5. The van der Waals surface area contributed by atoms with Gasteiger partial charge in [0.15, 0.2) is 0 Å². The minimum atomic E-state index is -4.70. The molecular formula is C18H21ClF3N3O4S. The van der Waals surface area contributed by atoms with Crippen LogP contribution in [0.2, 0.25) is 5.02 Å². The van der Waals surface area contributed by atoms with E-state index in [1.807, 2.05) is 0 Å². The third-order valence-corrected chi connectivity index (χ3v) is 7.61. The van der Waals surface area contributed by atoms with Gasteiger partial charge in [-0.05, 0) is 24.6 Å². The van der Waals surface area contributed by atoms with Gasteiger partial charge in [-0.2, -0.15) is 17.5 Å². The number of hydrogen-bond donors (Lipinski definition) is 0. The molecule has 2 aliphatic rings. The van der Waals surface area contributed by atoms with Crippen molar-refractivity contribution in [3.63, 3.8) is 0 Å². The smallest absolute Gasteiger partial charge is 0.342 e. The first-order valence-corrected chi connectivity index (χ1v) is 11.2. The molecule has 0 radical (unpaired) electrons. The molecule has 3 rings (SSSR count). The van der Waals surface area contributed by atoms with E-state index in [0.29, 0.717) is 25.6 Å². The van der Waals surface area contributed by atoms with Crippen LogP contribution in [0.3, 0.4) is 0 Å². The summed E-state index contributed by atoms with van der Waals surface area (Å²) in [5.41, 5.74) is -1.10. The van der Waals surface area contributed by atoms with Crippen molar-refractivity contribution < 1.29 is 31.2 Å². The Hall–Kier alpha value is -1.85. The molecule has 0 aliphatic carbocycles. The molecular weight excluding hydrogens is 447 g/mol. The Kier molecular flexibility index (Phi) is 6.63. The van der Waals surface area contributed by atoms with Gasteiger partial charge in [0, 0.05) is 52.1 Å². The fraction of sp³-hybridized carbons (Fsp3) is 0.556. The van der Waals surface area contributed by atoms with E-state index in [-0.39, 0.29) is 49.4 Å². The Morgan fingerprint density at radius 3 is 2.33 bits per heavy atom. The molecule has 0 saturated carbocycles. The minimum absolute atomic E-state index is 0.0247. The second-order valence-corrected chi connectivity index (χ2v) is 9.48. The lowest BCUT2D eigenvalue weighted by molar-refractivity contribution is -0.138. The molecule has 2 amide bonds. The molecule has 166 valence electrons. The predicted octanol–water partition coefficient (Wildman–Crippen LogP) is 2.20. The summed E-state index contributed by atoms with van der Waals surface area (Å²) in [6, 6.07) is 2.17. The monoisotopic (exact) mass is 467 g/mol. The van der Waals surface area contributed by atoms with E-state index in [1.54, 1.807) is 4.90 Å². The largest absolute Gasteiger partial charge is 0.416 e. The van der Waals surface area contributed by atoms with Crippen LogP contribution in [-0.2, 0) is 25.8 Å². The van der Waals surface area contributed by atoms with Crippen molar-refractivity contribution in [1.82, 2.24) is 14.1 Å². The van der Waals surface area contributed by atoms with Crippen LogP contribution >= 0.6 is 11.6 Å². The normalized spacial score (nSPS) is 18.9. The Labute approximate surface area is 177 Å². The van der Waals surface area contributed by atoms with Gasteiger partial charge >= 0.3 is 6.18 Å². The fourth-order valence-corrected chi connectivity index (χ4v) is 5.45. The molecule has 2 saturated heterocycles. The summed E-state index contributed by atoms with van der Waals surface area (Å²) in [7, 11) is -4.25. The second kappa shape index (κ2) is 8.72. The number of benzene rings is 1. The summed E-state index contributed by atoms with van der Waals surface area (Å²) in [6.45, 7) is 1.09. The van der Waals surface area contributed by atoms with E-state index in [2.05, 4.69) is 0 Å². The topological polar surface area (TPSA) is 78.0 Å². The number of likely N-dealkylation sites (tertiary alicyclic amines) is 1. The molecule has 12 heteroatoms. The minimum Gasteiger partial charge on any atom is -0.342 e. The van der Waals surface area contributed by atoms with Gasteiger partial charge in [-0.15, -0.1) is 0 Å². The Morgan fingerprint density at radius 2 is 1.77 bits per heavy atom. The molecule has 0 aromatic heterocycles. The van der Waals surface area contributed by atoms with Crippen molar-refractivity contribution >= 4 is 33.4 Å². The average Bonchev–Trinajstić information content (AvgIpc) is 3.10. The van der Waals surface area contributed by atoms with E-state index < -0.39 is 26.7 Å². The first kappa shape index (κ1) is 22.8. The lowest BCUT2D eigenvalue weighted by Gasteiger charge is -2.34. The third kappa shape index (κ3) is 4.89. The molecule has 2 aliphatic heterocycles. The zero-order valence-electron chi connectivity index (χ0n) is 16.0. The number of rotatable bonds is 5. The molecule has 7 nitrogen and oxygen atoms in total. The number of nitrogens with zero attached hydrogens (tertiary/aromatic N) is 3. The number of halogens is 4. The molecule has 0 bridgehead atoms. The molecule has 0 N–H and O–H groups in total. The molecule has 1 aromatic rings. The van der Waals surface area contributed by atoms with Gasteiger partial charge < -0.3 is 9.80 Å². The molecule has 2 fully saturated rings. The zero-order valence-corrected chi connectivity index (χ0v) is 17.6. The maximum absolute atomic E-state index is 13.0. The first-order chi connectivity index (χ1) is 14.0. The van der Waals surface area contributed by atoms with Crippen LogP contribution in [0, 0.1) is 0 Å². The zero-order chi connectivity index (χ0) is 22.1. The van der Waals surface area contributed by atoms with Crippen LogP contribution in [0.4, 0.5) is 13.2 Å². The summed E-state index contributed by atoms with van der Waals surface area (Å²) in [4.78, 5) is 26.5. The van der Waals surface area contributed by atoms with Crippen LogP contribution in [-0.4, -0.2) is 73.6 Å². The molecule has 1 aromatic carbocycles. The maximum Gasteiger partial charge on any atom is 0.416 e. The second-order valence-electron chi connectivity index (χ2n) is 7.16. The third-order valence-electron chi connectivity index (χ3n) is 5.23. The Bertz CT molecular complexity index is 931. The number of sulfonamides is 1. The van der Waals surface area contributed by atoms with Crippen molar-refractivity contribution in [1.29, 1.82) is 0 Å². The highest BCUT2D eigenvalue weighted by Crippen LogP contribution is 2.34. The SMILES string of the molecule is O=C1CCCN1CCC(=O)N1CCN(S(=O)(=O)c2cc(C(F)(F)F)ccc2Cl)CC1. The number of piperazine rings is 1. The van der Waals surface area contributed by atoms with Gasteiger partial charge in [0.25, 0.3) is 0 Å². The van der Waals surface area contributed by atoms with Crippen molar-refractivity contribution in [2.75, 3.05) is 39.3 Å². The van der Waals surface area contributed by atoms with Crippen molar-refractivity contribution in [3.8, 4) is 0 Å². The highest BCUT2D eigenvalue weighted by molar-refractivity contribution is 7.89. The quantitative estimate of drug-likeness (QED) is 0.665. The maximum atomic E-state index is 13.0. The number of carbonyl (C=O) groups excluding carboxylic acids is 2. The van der Waals surface area contributed by atoms with Crippen LogP contribution in [0.15, 0.2) is 23.1 Å². The van der Waals surface area contributed by atoms with Crippen LogP contribution in [0.25, 0.3) is 0 Å². The summed E-state index contributed by atoms with van der Waals surface area (Å²) >= 11 is 5.87. The van der Waals surface area contributed by atoms with Gasteiger partial charge in [0.2, 0.25) is 21.8 Å². The van der Waals surface area contributed by atoms with Crippen LogP contribution in [0.5, 0.6) is 0 Å². The standard InChI is InChI=1S/C18H21ClF3N3O4S/c19-14-4-3-13(18(20,21)22)12-15(14)30(28,29)25-10-8-24(9-11-25)17(27)5-7-23-6-1-2-16(23)26/h3-4,12H,1-2,5-11H2. The molecule has 30 heavy (non-hydrogen) atoms. The van der Waals surface area contributed by atoms with Crippen LogP contribution in [0.1, 0.15) is 24.8 Å². The van der Waals surface area contributed by atoms with E-state index in [1.165, 1.54) is 4.90 Å². The molecule has 0 unspecified atom stereocenters. The van der Waals surface area contributed by atoms with Crippen LogP contribution < -0.4 is 0 Å². The Balaban J connectivity index is 1.62. The van der Waals surface area contributed by atoms with E-state index in [0.717, 1.165) is 22.9 Å². The summed E-state index contributed by atoms with van der Waals surface area (Å²) < 4.78 is 65.6. The summed E-state index contributed by atoms with van der Waals surface area (Å²) in [5.74, 6) is -0.166. The number of hydrogen-bond acceptors (Lipinski definition) is 4. The van der Waals surface area contributed by atoms with E-state index in [9.17, 15) is 31.2 Å². The van der Waals surface area contributed by atoms with Gasteiger partial charge in [-0.25, -0.2) is 8.42 Å². The molecule has 0 atom stereocenters. The average molecular weight is 468 g/mol. The van der Waals surface area contributed by atoms with Gasteiger partial charge in [0.1, 0.15) is 4.90 Å². The first-order valence-electron chi connectivity index (χ1n) is 9.42. The fourth-order valence-electron chi connectivity index (χ4n) is 3.52. The Morgan fingerprint density at radius 1 is 1.10 bits per heavy atom.